The van der Waals surface area contributed by atoms with Crippen molar-refractivity contribution in [3.8, 4) is 0 Å². The van der Waals surface area contributed by atoms with Crippen LogP contribution in [0.2, 0.25) is 0 Å². The minimum atomic E-state index is -0.446. The number of imidazole rings is 1. The average molecular weight is 332 g/mol. The summed E-state index contributed by atoms with van der Waals surface area (Å²) in [6.45, 7) is 1.40. The van der Waals surface area contributed by atoms with Crippen LogP contribution in [-0.4, -0.2) is 58.0 Å². The van der Waals surface area contributed by atoms with Crippen LogP contribution < -0.4 is 0 Å². The van der Waals surface area contributed by atoms with E-state index in [0.29, 0.717) is 36.6 Å². The Balaban J connectivity index is 1.54. The van der Waals surface area contributed by atoms with E-state index in [4.69, 9.17) is 4.74 Å². The number of carbonyl (C=O) groups excluding carboxylic acids is 2. The average Bonchev–Trinajstić information content (AvgIpc) is 3.26. The summed E-state index contributed by atoms with van der Waals surface area (Å²) in [5, 5.41) is 0. The first kappa shape index (κ1) is 14.9. The number of H-pyrrole nitrogens is 1. The lowest BCUT2D eigenvalue weighted by atomic mass is 10.2. The van der Waals surface area contributed by atoms with E-state index in [0.717, 1.165) is 12.8 Å². The van der Waals surface area contributed by atoms with Crippen molar-refractivity contribution in [1.29, 1.82) is 0 Å². The molecule has 7 nitrogen and oxygen atoms in total. The first-order chi connectivity index (χ1) is 11.6. The van der Waals surface area contributed by atoms with Crippen molar-refractivity contribution in [2.75, 3.05) is 26.2 Å². The van der Waals surface area contributed by atoms with E-state index in [9.17, 15) is 14.0 Å². The Morgan fingerprint density at radius 2 is 2.29 bits per heavy atom. The number of halogens is 1. The van der Waals surface area contributed by atoms with Crippen molar-refractivity contribution in [2.24, 2.45) is 0 Å². The molecule has 0 radical (unpaired) electrons. The molecule has 1 aromatic carbocycles. The van der Waals surface area contributed by atoms with Gasteiger partial charge in [0.1, 0.15) is 24.8 Å². The lowest BCUT2D eigenvalue weighted by Crippen LogP contribution is -2.40. The molecular weight excluding hydrogens is 315 g/mol. The van der Waals surface area contributed by atoms with Gasteiger partial charge < -0.3 is 14.6 Å². The van der Waals surface area contributed by atoms with Gasteiger partial charge in [0.05, 0.1) is 23.6 Å². The molecule has 1 atom stereocenters. The molecule has 2 aromatic rings. The number of aromatic nitrogens is 2. The van der Waals surface area contributed by atoms with E-state index in [1.54, 1.807) is 11.0 Å². The molecule has 2 fully saturated rings. The summed E-state index contributed by atoms with van der Waals surface area (Å²) in [6, 6.07) is 4.20. The largest absolute Gasteiger partial charge is 0.448 e. The Bertz CT molecular complexity index is 806. The Morgan fingerprint density at radius 1 is 1.42 bits per heavy atom. The zero-order chi connectivity index (χ0) is 16.7. The molecule has 2 aliphatic rings. The Morgan fingerprint density at radius 3 is 3.08 bits per heavy atom. The summed E-state index contributed by atoms with van der Waals surface area (Å²) in [4.78, 5) is 34.8. The van der Waals surface area contributed by atoms with E-state index < -0.39 is 6.09 Å². The van der Waals surface area contributed by atoms with E-state index in [1.165, 1.54) is 17.0 Å². The number of hydrogen-bond acceptors (Lipinski definition) is 4. The first-order valence-electron chi connectivity index (χ1n) is 7.98. The zero-order valence-electron chi connectivity index (χ0n) is 13.0. The van der Waals surface area contributed by atoms with Gasteiger partial charge in [-0.3, -0.25) is 9.69 Å². The molecule has 0 saturated carbocycles. The summed E-state index contributed by atoms with van der Waals surface area (Å²) in [5.74, 6) is 0.207. The topological polar surface area (TPSA) is 78.5 Å². The second-order valence-electron chi connectivity index (χ2n) is 6.06. The fourth-order valence-corrected chi connectivity index (χ4v) is 3.33. The highest BCUT2D eigenvalue weighted by Gasteiger charge is 2.34. The number of carbonyl (C=O) groups is 2. The van der Waals surface area contributed by atoms with Crippen molar-refractivity contribution in [2.45, 2.75) is 18.9 Å². The van der Waals surface area contributed by atoms with Gasteiger partial charge in [0, 0.05) is 6.54 Å². The van der Waals surface area contributed by atoms with Crippen molar-refractivity contribution >= 4 is 23.0 Å². The number of rotatable bonds is 3. The maximum atomic E-state index is 13.3. The lowest BCUT2D eigenvalue weighted by molar-refractivity contribution is -0.132. The summed E-state index contributed by atoms with van der Waals surface area (Å²) in [6.07, 6.45) is 1.21. The molecule has 126 valence electrons. The van der Waals surface area contributed by atoms with Crippen molar-refractivity contribution < 1.29 is 18.7 Å². The molecule has 2 aliphatic heterocycles. The number of nitrogens with one attached hydrogen (secondary N) is 1. The summed E-state index contributed by atoms with van der Waals surface area (Å²) < 4.78 is 18.2. The van der Waals surface area contributed by atoms with Crippen LogP contribution >= 0.6 is 0 Å². The molecule has 0 bridgehead atoms. The third-order valence-electron chi connectivity index (χ3n) is 4.52. The van der Waals surface area contributed by atoms with Crippen LogP contribution in [0.3, 0.4) is 0 Å². The number of nitrogens with zero attached hydrogens (tertiary/aromatic N) is 3. The number of ether oxygens (including phenoxy) is 1. The molecule has 4 rings (SSSR count). The van der Waals surface area contributed by atoms with Crippen molar-refractivity contribution in [1.82, 2.24) is 19.8 Å². The molecule has 8 heteroatoms. The van der Waals surface area contributed by atoms with Crippen LogP contribution in [0.25, 0.3) is 11.0 Å². The van der Waals surface area contributed by atoms with Gasteiger partial charge in [-0.1, -0.05) is 0 Å². The monoisotopic (exact) mass is 332 g/mol. The molecule has 1 N–H and O–H groups in total. The third-order valence-corrected chi connectivity index (χ3v) is 4.52. The number of amides is 2. The normalized spacial score (nSPS) is 20.9. The van der Waals surface area contributed by atoms with E-state index >= 15 is 0 Å². The van der Waals surface area contributed by atoms with Gasteiger partial charge in [0.2, 0.25) is 5.91 Å². The highest BCUT2D eigenvalue weighted by molar-refractivity contribution is 5.83. The molecule has 1 unspecified atom stereocenters. The minimum absolute atomic E-state index is 0.0180. The standard InChI is InChI=1S/C16H17FN4O3/c17-10-3-4-11-12(8-10)19-15(18-11)13-2-1-5-21(13)14(22)9-20-6-7-24-16(20)23/h3-4,8,13H,1-2,5-7,9H2,(H,18,19). The highest BCUT2D eigenvalue weighted by atomic mass is 19.1. The van der Waals surface area contributed by atoms with Crippen LogP contribution in [0.1, 0.15) is 24.7 Å². The number of likely N-dealkylation sites (tertiary alicyclic amines) is 1. The molecule has 1 aromatic heterocycles. The maximum Gasteiger partial charge on any atom is 0.410 e. The molecule has 2 saturated heterocycles. The third kappa shape index (κ3) is 2.57. The molecular formula is C16H17FN4O3. The van der Waals surface area contributed by atoms with Crippen LogP contribution in [0, 0.1) is 5.82 Å². The fourth-order valence-electron chi connectivity index (χ4n) is 3.33. The van der Waals surface area contributed by atoms with Crippen LogP contribution in [0.4, 0.5) is 9.18 Å². The van der Waals surface area contributed by atoms with Gasteiger partial charge in [-0.25, -0.2) is 14.2 Å². The summed E-state index contributed by atoms with van der Waals surface area (Å²) in [5.41, 5.74) is 1.29. The smallest absolute Gasteiger partial charge is 0.410 e. The van der Waals surface area contributed by atoms with Crippen molar-refractivity contribution in [3.05, 3.63) is 29.8 Å². The van der Waals surface area contributed by atoms with Gasteiger partial charge in [0.25, 0.3) is 0 Å². The second kappa shape index (κ2) is 5.77. The van der Waals surface area contributed by atoms with E-state index in [2.05, 4.69) is 9.97 Å². The van der Waals surface area contributed by atoms with Crippen LogP contribution in [-0.2, 0) is 9.53 Å². The minimum Gasteiger partial charge on any atom is -0.448 e. The second-order valence-corrected chi connectivity index (χ2v) is 6.06. The van der Waals surface area contributed by atoms with Gasteiger partial charge >= 0.3 is 6.09 Å². The van der Waals surface area contributed by atoms with Gasteiger partial charge in [-0.2, -0.15) is 0 Å². The van der Waals surface area contributed by atoms with Crippen LogP contribution in [0.15, 0.2) is 18.2 Å². The Hall–Kier alpha value is -2.64. The Kier molecular flexibility index (Phi) is 3.59. The predicted molar refractivity (Wildman–Crippen MR) is 82.7 cm³/mol. The summed E-state index contributed by atoms with van der Waals surface area (Å²) in [7, 11) is 0. The number of fused-ring (bicyclic) bond motifs is 1. The van der Waals surface area contributed by atoms with Crippen molar-refractivity contribution in [3.63, 3.8) is 0 Å². The molecule has 2 amide bonds. The molecule has 0 aliphatic carbocycles. The quantitative estimate of drug-likeness (QED) is 0.930. The lowest BCUT2D eigenvalue weighted by Gasteiger charge is -2.25. The summed E-state index contributed by atoms with van der Waals surface area (Å²) >= 11 is 0. The van der Waals surface area contributed by atoms with Gasteiger partial charge in [-0.05, 0) is 31.0 Å². The highest BCUT2D eigenvalue weighted by Crippen LogP contribution is 2.31. The van der Waals surface area contributed by atoms with Gasteiger partial charge in [0.15, 0.2) is 0 Å². The number of aromatic amines is 1. The number of hydrogen-bond donors (Lipinski definition) is 1. The maximum absolute atomic E-state index is 13.3. The number of cyclic esters (lactones) is 1. The molecule has 24 heavy (non-hydrogen) atoms. The molecule has 0 spiro atoms. The fraction of sp³-hybridized carbons (Fsp3) is 0.438. The molecule has 3 heterocycles. The SMILES string of the molecule is O=C1OCCN1CC(=O)N1CCCC1c1nc2ccc(F)cc2[nH]1. The predicted octanol–water partition coefficient (Wildman–Crippen LogP) is 1.82. The van der Waals surface area contributed by atoms with Crippen LogP contribution in [0.5, 0.6) is 0 Å². The van der Waals surface area contributed by atoms with Gasteiger partial charge in [-0.15, -0.1) is 0 Å². The van der Waals surface area contributed by atoms with E-state index in [1.807, 2.05) is 0 Å². The Labute approximate surface area is 137 Å². The first-order valence-corrected chi connectivity index (χ1v) is 7.98. The zero-order valence-corrected chi connectivity index (χ0v) is 13.0. The van der Waals surface area contributed by atoms with E-state index in [-0.39, 0.29) is 24.3 Å². The number of benzene rings is 1.